The van der Waals surface area contributed by atoms with Gasteiger partial charge in [0.05, 0.1) is 18.1 Å². The molecule has 1 aromatic carbocycles. The maximum absolute atomic E-state index is 13.1. The quantitative estimate of drug-likeness (QED) is 0.844. The highest BCUT2D eigenvalue weighted by Crippen LogP contribution is 2.30. The maximum Gasteiger partial charge on any atom is 0.193 e. The molecule has 0 spiro atoms. The summed E-state index contributed by atoms with van der Waals surface area (Å²) in [5.74, 6) is -0.188. The molecule has 0 amide bonds. The summed E-state index contributed by atoms with van der Waals surface area (Å²) in [5, 5.41) is 0. The Morgan fingerprint density at radius 3 is 2.78 bits per heavy atom. The zero-order valence-corrected chi connectivity index (χ0v) is 10.6. The number of hydrogen-bond acceptors (Lipinski definition) is 3. The van der Waals surface area contributed by atoms with Crippen LogP contribution in [0.3, 0.4) is 0 Å². The largest absolute Gasteiger partial charge is 0.345 e. The molecule has 4 heteroatoms. The topological polar surface area (TPSA) is 18.5 Å². The van der Waals surface area contributed by atoms with E-state index in [1.54, 1.807) is 23.5 Å². The highest BCUT2D eigenvalue weighted by atomic mass is 32.1. The van der Waals surface area contributed by atoms with Crippen LogP contribution < -0.4 is 0 Å². The molecule has 0 bridgehead atoms. The molecule has 0 N–H and O–H groups in total. The summed E-state index contributed by atoms with van der Waals surface area (Å²) >= 11 is 1.66. The van der Waals surface area contributed by atoms with Gasteiger partial charge in [0, 0.05) is 11.3 Å². The first kappa shape index (κ1) is 11.8. The Kier molecular flexibility index (Phi) is 3.41. The summed E-state index contributed by atoms with van der Waals surface area (Å²) in [4.78, 5) is 2.27. The third-order valence-electron chi connectivity index (χ3n) is 2.80. The van der Waals surface area contributed by atoms with Gasteiger partial charge in [0.2, 0.25) is 0 Å². The zero-order valence-electron chi connectivity index (χ0n) is 9.77. The molecule has 0 atom stereocenters. The van der Waals surface area contributed by atoms with Crippen molar-refractivity contribution in [3.05, 3.63) is 57.5 Å². The predicted octanol–water partition coefficient (Wildman–Crippen LogP) is 3.52. The van der Waals surface area contributed by atoms with Crippen LogP contribution in [0.15, 0.2) is 36.4 Å². The summed E-state index contributed by atoms with van der Waals surface area (Å²) < 4.78 is 24.0. The Bertz CT molecular complexity index is 532. The van der Waals surface area contributed by atoms with Crippen LogP contribution in [0.2, 0.25) is 0 Å². The van der Waals surface area contributed by atoms with E-state index in [1.807, 2.05) is 12.1 Å². The Labute approximate surface area is 109 Å². The number of hydrogen-bond donors (Lipinski definition) is 0. The Morgan fingerprint density at radius 1 is 1.17 bits per heavy atom. The average molecular weight is 264 g/mol. The van der Waals surface area contributed by atoms with Crippen LogP contribution in [0.5, 0.6) is 0 Å². The summed E-state index contributed by atoms with van der Waals surface area (Å²) in [6.45, 7) is 1.31. The second kappa shape index (κ2) is 5.18. The normalized spacial score (nSPS) is 16.3. The fourth-order valence-corrected chi connectivity index (χ4v) is 3.03. The number of benzene rings is 1. The molecule has 1 aromatic heterocycles. The molecule has 1 fully saturated rings. The molecule has 0 unspecified atom stereocenters. The van der Waals surface area contributed by atoms with Crippen molar-refractivity contribution in [2.24, 2.45) is 0 Å². The van der Waals surface area contributed by atoms with Gasteiger partial charge in [-0.05, 0) is 29.8 Å². The van der Waals surface area contributed by atoms with E-state index in [1.165, 1.54) is 10.9 Å². The maximum atomic E-state index is 13.1. The lowest BCUT2D eigenvalue weighted by atomic mass is 10.1. The molecule has 18 heavy (non-hydrogen) atoms. The van der Waals surface area contributed by atoms with Crippen LogP contribution in [0, 0.1) is 5.82 Å². The summed E-state index contributed by atoms with van der Waals surface area (Å²) in [6.07, 6.45) is 0.533. The molecular weight excluding hydrogens is 251 g/mol. The molecule has 0 radical (unpaired) electrons. The van der Waals surface area contributed by atoms with Crippen molar-refractivity contribution in [3.8, 4) is 0 Å². The molecule has 2 aromatic rings. The molecule has 1 aliphatic rings. The van der Waals surface area contributed by atoms with E-state index >= 15 is 0 Å². The van der Waals surface area contributed by atoms with Crippen LogP contribution in [0.4, 0.5) is 4.39 Å². The number of halogens is 1. The first-order valence-corrected chi connectivity index (χ1v) is 6.69. The molecule has 0 saturated carbocycles. The monoisotopic (exact) mass is 264 g/mol. The van der Waals surface area contributed by atoms with E-state index in [0.29, 0.717) is 13.2 Å². The summed E-state index contributed by atoms with van der Waals surface area (Å²) in [5.41, 5.74) is 0.983. The van der Waals surface area contributed by atoms with Gasteiger partial charge in [-0.25, -0.2) is 4.39 Å². The van der Waals surface area contributed by atoms with Crippen LogP contribution >= 0.6 is 11.3 Å². The SMILES string of the molecule is Fc1cccc(Cc2ccc(C3OCCO3)s2)c1. The Hall–Kier alpha value is -1.23. The van der Waals surface area contributed by atoms with Crippen molar-refractivity contribution < 1.29 is 13.9 Å². The third kappa shape index (κ3) is 2.61. The fraction of sp³-hybridized carbons (Fsp3) is 0.286. The molecule has 0 aliphatic carbocycles. The first-order valence-electron chi connectivity index (χ1n) is 5.87. The van der Waals surface area contributed by atoms with Crippen molar-refractivity contribution in [3.63, 3.8) is 0 Å². The van der Waals surface area contributed by atoms with E-state index in [0.717, 1.165) is 16.9 Å². The van der Waals surface area contributed by atoms with Crippen LogP contribution in [0.1, 0.15) is 21.6 Å². The molecule has 1 aliphatic heterocycles. The molecule has 2 heterocycles. The molecule has 94 valence electrons. The predicted molar refractivity (Wildman–Crippen MR) is 68.2 cm³/mol. The van der Waals surface area contributed by atoms with Crippen molar-refractivity contribution >= 4 is 11.3 Å². The van der Waals surface area contributed by atoms with E-state index in [2.05, 4.69) is 6.07 Å². The zero-order chi connectivity index (χ0) is 12.4. The van der Waals surface area contributed by atoms with Crippen molar-refractivity contribution in [2.75, 3.05) is 13.2 Å². The number of ether oxygens (including phenoxy) is 2. The minimum absolute atomic E-state index is 0.188. The lowest BCUT2D eigenvalue weighted by Crippen LogP contribution is -1.93. The van der Waals surface area contributed by atoms with Crippen LogP contribution in [-0.2, 0) is 15.9 Å². The van der Waals surface area contributed by atoms with E-state index in [4.69, 9.17) is 9.47 Å². The second-order valence-corrected chi connectivity index (χ2v) is 5.38. The number of rotatable bonds is 3. The van der Waals surface area contributed by atoms with Crippen molar-refractivity contribution in [2.45, 2.75) is 12.7 Å². The van der Waals surface area contributed by atoms with Crippen molar-refractivity contribution in [1.82, 2.24) is 0 Å². The number of thiophene rings is 1. The first-order chi connectivity index (χ1) is 8.81. The Balaban J connectivity index is 1.73. The van der Waals surface area contributed by atoms with Gasteiger partial charge >= 0.3 is 0 Å². The smallest absolute Gasteiger partial charge is 0.193 e. The van der Waals surface area contributed by atoms with Gasteiger partial charge < -0.3 is 9.47 Å². The van der Waals surface area contributed by atoms with Crippen LogP contribution in [-0.4, -0.2) is 13.2 Å². The van der Waals surface area contributed by atoms with Gasteiger partial charge in [-0.15, -0.1) is 11.3 Å². The van der Waals surface area contributed by atoms with Gasteiger partial charge in [0.15, 0.2) is 6.29 Å². The molecule has 3 rings (SSSR count). The minimum Gasteiger partial charge on any atom is -0.345 e. The van der Waals surface area contributed by atoms with E-state index in [-0.39, 0.29) is 12.1 Å². The average Bonchev–Trinajstić information content (AvgIpc) is 2.98. The van der Waals surface area contributed by atoms with E-state index in [9.17, 15) is 4.39 Å². The lowest BCUT2D eigenvalue weighted by molar-refractivity contribution is -0.0413. The van der Waals surface area contributed by atoms with Gasteiger partial charge in [-0.3, -0.25) is 0 Å². The fourth-order valence-electron chi connectivity index (χ4n) is 1.99. The molecular formula is C14H13FO2S. The minimum atomic E-state index is -0.212. The van der Waals surface area contributed by atoms with Gasteiger partial charge in [0.25, 0.3) is 0 Å². The Morgan fingerprint density at radius 2 is 2.00 bits per heavy atom. The van der Waals surface area contributed by atoms with Gasteiger partial charge in [-0.2, -0.15) is 0 Å². The highest BCUT2D eigenvalue weighted by molar-refractivity contribution is 7.12. The standard InChI is InChI=1S/C14H13FO2S/c15-11-3-1-2-10(8-11)9-12-4-5-13(18-12)14-16-6-7-17-14/h1-5,8,14H,6-7,9H2. The third-order valence-corrected chi connectivity index (χ3v) is 3.91. The van der Waals surface area contributed by atoms with Crippen molar-refractivity contribution in [1.29, 1.82) is 0 Å². The summed E-state index contributed by atoms with van der Waals surface area (Å²) in [6, 6.07) is 10.8. The molecule has 2 nitrogen and oxygen atoms in total. The lowest BCUT2D eigenvalue weighted by Gasteiger charge is -2.04. The van der Waals surface area contributed by atoms with E-state index < -0.39 is 0 Å². The van der Waals surface area contributed by atoms with Gasteiger partial charge in [-0.1, -0.05) is 12.1 Å². The second-order valence-electron chi connectivity index (χ2n) is 4.18. The molecule has 1 saturated heterocycles. The summed E-state index contributed by atoms with van der Waals surface area (Å²) in [7, 11) is 0. The highest BCUT2D eigenvalue weighted by Gasteiger charge is 2.19. The van der Waals surface area contributed by atoms with Gasteiger partial charge in [0.1, 0.15) is 5.82 Å². The van der Waals surface area contributed by atoms with Crippen LogP contribution in [0.25, 0.3) is 0 Å².